The minimum absolute atomic E-state index is 0.0697. The van der Waals surface area contributed by atoms with Crippen molar-refractivity contribution in [3.8, 4) is 0 Å². The molecule has 1 amide bonds. The van der Waals surface area contributed by atoms with Crippen molar-refractivity contribution in [2.75, 3.05) is 24.6 Å². The van der Waals surface area contributed by atoms with Crippen LogP contribution in [0, 0.1) is 0 Å². The molecule has 2 atom stereocenters. The van der Waals surface area contributed by atoms with Gasteiger partial charge in [-0.1, -0.05) is 35.6 Å². The van der Waals surface area contributed by atoms with Gasteiger partial charge in [-0.15, -0.1) is 5.10 Å². The fraction of sp³-hybridized carbons (Fsp3) is 0.333. The SMILES string of the molecule is Cn1cc(C2CCN(c3cc(/C=C\CCO)ccn3)C[C@@H]2NC(=O)c2ccccc2)nn1. The Hall–Kier alpha value is -3.52. The van der Waals surface area contributed by atoms with Gasteiger partial charge in [0, 0.05) is 50.6 Å². The molecular formula is C24H28N6O2. The molecule has 1 saturated heterocycles. The minimum Gasteiger partial charge on any atom is -0.396 e. The highest BCUT2D eigenvalue weighted by atomic mass is 16.2. The van der Waals surface area contributed by atoms with Crippen molar-refractivity contribution in [1.29, 1.82) is 0 Å². The summed E-state index contributed by atoms with van der Waals surface area (Å²) < 4.78 is 1.70. The molecule has 166 valence electrons. The average Bonchev–Trinajstić information content (AvgIpc) is 3.26. The minimum atomic E-state index is -0.136. The van der Waals surface area contributed by atoms with Crippen LogP contribution in [-0.2, 0) is 7.05 Å². The average molecular weight is 433 g/mol. The van der Waals surface area contributed by atoms with Gasteiger partial charge in [-0.05, 0) is 42.7 Å². The van der Waals surface area contributed by atoms with Crippen molar-refractivity contribution in [3.05, 3.63) is 77.8 Å². The highest BCUT2D eigenvalue weighted by molar-refractivity contribution is 5.94. The van der Waals surface area contributed by atoms with Crippen LogP contribution in [0.25, 0.3) is 6.08 Å². The maximum Gasteiger partial charge on any atom is 0.251 e. The zero-order valence-electron chi connectivity index (χ0n) is 18.1. The maximum atomic E-state index is 12.9. The number of aromatic nitrogens is 4. The number of anilines is 1. The fourth-order valence-corrected chi connectivity index (χ4v) is 4.04. The van der Waals surface area contributed by atoms with Crippen LogP contribution in [0.4, 0.5) is 5.82 Å². The van der Waals surface area contributed by atoms with Crippen LogP contribution in [-0.4, -0.2) is 56.7 Å². The van der Waals surface area contributed by atoms with E-state index >= 15 is 0 Å². The summed E-state index contributed by atoms with van der Waals surface area (Å²) >= 11 is 0. The van der Waals surface area contributed by atoms with Gasteiger partial charge in [0.1, 0.15) is 5.82 Å². The standard InChI is InChI=1S/C24H28N6O2/c1-29-16-22(27-28-29)20-11-13-30(23-15-18(10-12-25-23)7-5-6-14-31)17-21(20)26-24(32)19-8-3-2-4-9-19/h2-5,7-10,12,15-16,20-21,31H,6,11,13-14,17H2,1H3,(H,26,32)/b7-5-/t20?,21-/m0/s1. The first kappa shape index (κ1) is 21.7. The lowest BCUT2D eigenvalue weighted by Crippen LogP contribution is -2.52. The molecule has 1 aliphatic heterocycles. The van der Waals surface area contributed by atoms with Gasteiger partial charge in [-0.25, -0.2) is 4.98 Å². The highest BCUT2D eigenvalue weighted by Gasteiger charge is 2.34. The molecule has 1 aliphatic rings. The van der Waals surface area contributed by atoms with Gasteiger partial charge >= 0.3 is 0 Å². The highest BCUT2D eigenvalue weighted by Crippen LogP contribution is 2.29. The molecular weight excluding hydrogens is 404 g/mol. The molecule has 3 aromatic rings. The molecule has 0 aliphatic carbocycles. The first-order valence-corrected chi connectivity index (χ1v) is 10.8. The summed E-state index contributed by atoms with van der Waals surface area (Å²) in [4.78, 5) is 19.7. The number of aliphatic hydroxyl groups excluding tert-OH is 1. The second kappa shape index (κ2) is 10.2. The topological polar surface area (TPSA) is 96.2 Å². The van der Waals surface area contributed by atoms with E-state index in [1.165, 1.54) is 0 Å². The monoisotopic (exact) mass is 432 g/mol. The van der Waals surface area contributed by atoms with Crippen LogP contribution in [0.2, 0.25) is 0 Å². The molecule has 1 unspecified atom stereocenters. The van der Waals surface area contributed by atoms with E-state index in [1.807, 2.05) is 67.9 Å². The van der Waals surface area contributed by atoms with Crippen molar-refractivity contribution >= 4 is 17.8 Å². The third kappa shape index (κ3) is 5.20. The van der Waals surface area contributed by atoms with Crippen molar-refractivity contribution in [2.45, 2.75) is 24.8 Å². The number of carbonyl (C=O) groups excluding carboxylic acids is 1. The van der Waals surface area contributed by atoms with Crippen molar-refractivity contribution < 1.29 is 9.90 Å². The summed E-state index contributed by atoms with van der Waals surface area (Å²) in [5.74, 6) is 0.841. The Labute approximate surface area is 187 Å². The van der Waals surface area contributed by atoms with Crippen molar-refractivity contribution in [1.82, 2.24) is 25.3 Å². The van der Waals surface area contributed by atoms with E-state index in [9.17, 15) is 4.79 Å². The molecule has 0 spiro atoms. The first-order valence-electron chi connectivity index (χ1n) is 10.8. The first-order chi connectivity index (χ1) is 15.6. The summed E-state index contributed by atoms with van der Waals surface area (Å²) in [5.41, 5.74) is 2.56. The number of pyridine rings is 1. The predicted molar refractivity (Wildman–Crippen MR) is 123 cm³/mol. The smallest absolute Gasteiger partial charge is 0.251 e. The van der Waals surface area contributed by atoms with Crippen LogP contribution >= 0.6 is 0 Å². The Morgan fingerprint density at radius 2 is 2.12 bits per heavy atom. The van der Waals surface area contributed by atoms with E-state index in [-0.39, 0.29) is 24.5 Å². The molecule has 0 saturated carbocycles. The molecule has 0 bridgehead atoms. The van der Waals surface area contributed by atoms with Crippen LogP contribution < -0.4 is 10.2 Å². The van der Waals surface area contributed by atoms with Gasteiger partial charge in [0.05, 0.1) is 11.7 Å². The lowest BCUT2D eigenvalue weighted by Gasteiger charge is -2.38. The van der Waals surface area contributed by atoms with Crippen molar-refractivity contribution in [2.24, 2.45) is 7.05 Å². The van der Waals surface area contributed by atoms with E-state index in [2.05, 4.69) is 25.5 Å². The van der Waals surface area contributed by atoms with E-state index in [0.717, 1.165) is 30.0 Å². The Bertz CT molecular complexity index is 1070. The number of nitrogens with zero attached hydrogens (tertiary/aromatic N) is 5. The van der Waals surface area contributed by atoms with E-state index in [4.69, 9.17) is 5.11 Å². The number of hydrogen-bond acceptors (Lipinski definition) is 6. The van der Waals surface area contributed by atoms with Gasteiger partial charge in [0.2, 0.25) is 0 Å². The Morgan fingerprint density at radius 3 is 2.88 bits per heavy atom. The second-order valence-corrected chi connectivity index (χ2v) is 7.97. The Balaban J connectivity index is 1.55. The van der Waals surface area contributed by atoms with E-state index < -0.39 is 0 Å². The molecule has 4 rings (SSSR count). The summed E-state index contributed by atoms with van der Waals surface area (Å²) in [6.45, 7) is 1.56. The lowest BCUT2D eigenvalue weighted by atomic mass is 9.88. The van der Waals surface area contributed by atoms with Crippen LogP contribution in [0.5, 0.6) is 0 Å². The number of carbonyl (C=O) groups is 1. The number of piperidine rings is 1. The number of aliphatic hydroxyl groups is 1. The number of amides is 1. The molecule has 8 nitrogen and oxygen atoms in total. The molecule has 1 aromatic carbocycles. The number of benzene rings is 1. The number of hydrogen-bond donors (Lipinski definition) is 2. The molecule has 32 heavy (non-hydrogen) atoms. The predicted octanol–water partition coefficient (Wildman–Crippen LogP) is 2.40. The van der Waals surface area contributed by atoms with Crippen LogP contribution in [0.1, 0.15) is 40.4 Å². The van der Waals surface area contributed by atoms with E-state index in [1.54, 1.807) is 10.9 Å². The summed E-state index contributed by atoms with van der Waals surface area (Å²) in [6.07, 6.45) is 9.09. The Morgan fingerprint density at radius 1 is 1.28 bits per heavy atom. The second-order valence-electron chi connectivity index (χ2n) is 7.97. The van der Waals surface area contributed by atoms with Gasteiger partial charge < -0.3 is 15.3 Å². The largest absolute Gasteiger partial charge is 0.396 e. The third-order valence-corrected chi connectivity index (χ3v) is 5.67. The maximum absolute atomic E-state index is 12.9. The van der Waals surface area contributed by atoms with Gasteiger partial charge in [-0.2, -0.15) is 0 Å². The number of nitrogens with one attached hydrogen (secondary N) is 1. The summed E-state index contributed by atoms with van der Waals surface area (Å²) in [7, 11) is 1.85. The quantitative estimate of drug-likeness (QED) is 0.595. The molecule has 2 N–H and O–H groups in total. The molecule has 3 heterocycles. The number of rotatable bonds is 7. The van der Waals surface area contributed by atoms with Crippen molar-refractivity contribution in [3.63, 3.8) is 0 Å². The van der Waals surface area contributed by atoms with Gasteiger partial charge in [0.25, 0.3) is 5.91 Å². The molecule has 0 radical (unpaired) electrons. The molecule has 2 aromatic heterocycles. The summed E-state index contributed by atoms with van der Waals surface area (Å²) in [6, 6.07) is 13.1. The zero-order valence-corrected chi connectivity index (χ0v) is 18.1. The summed E-state index contributed by atoms with van der Waals surface area (Å²) in [5, 5.41) is 20.6. The zero-order chi connectivity index (χ0) is 22.3. The third-order valence-electron chi connectivity index (χ3n) is 5.67. The number of aryl methyl sites for hydroxylation is 1. The van der Waals surface area contributed by atoms with Crippen LogP contribution in [0.3, 0.4) is 0 Å². The van der Waals surface area contributed by atoms with E-state index in [0.29, 0.717) is 18.5 Å². The molecule has 1 fully saturated rings. The van der Waals surface area contributed by atoms with Gasteiger partial charge in [-0.3, -0.25) is 9.48 Å². The van der Waals surface area contributed by atoms with Gasteiger partial charge in [0.15, 0.2) is 0 Å². The van der Waals surface area contributed by atoms with Crippen LogP contribution in [0.15, 0.2) is 60.9 Å². The Kier molecular flexibility index (Phi) is 6.91. The lowest BCUT2D eigenvalue weighted by molar-refractivity contribution is 0.0927. The normalized spacial score (nSPS) is 18.8. The fourth-order valence-electron chi connectivity index (χ4n) is 4.04. The molecule has 8 heteroatoms.